The molecule has 7 heteroatoms. The molecule has 2 fully saturated rings. The number of likely N-dealkylation sites (tertiary alicyclic amines) is 1. The van der Waals surface area contributed by atoms with Gasteiger partial charge in [0, 0.05) is 12.6 Å². The van der Waals surface area contributed by atoms with Gasteiger partial charge in [0.2, 0.25) is 0 Å². The average molecular weight is 336 g/mol. The lowest BCUT2D eigenvalue weighted by Gasteiger charge is -2.31. The van der Waals surface area contributed by atoms with Crippen LogP contribution in [0.25, 0.3) is 0 Å². The molecule has 7 nitrogen and oxygen atoms in total. The summed E-state index contributed by atoms with van der Waals surface area (Å²) in [5.41, 5.74) is -0.0291. The van der Waals surface area contributed by atoms with Crippen molar-refractivity contribution in [1.82, 2.24) is 14.7 Å². The molecule has 1 saturated heterocycles. The number of aliphatic hydroxyl groups excluding tert-OH is 1. The van der Waals surface area contributed by atoms with Crippen LogP contribution in [0.5, 0.6) is 0 Å². The summed E-state index contributed by atoms with van der Waals surface area (Å²) in [5, 5.41) is 25.0. The summed E-state index contributed by atoms with van der Waals surface area (Å²) in [4.78, 5) is 12.6. The zero-order chi connectivity index (χ0) is 16.9. The van der Waals surface area contributed by atoms with E-state index in [4.69, 9.17) is 0 Å². The molecule has 2 aliphatic rings. The minimum absolute atomic E-state index is 0.0291. The van der Waals surface area contributed by atoms with Crippen molar-refractivity contribution in [3.05, 3.63) is 22.5 Å². The Hall–Kier alpha value is -1.47. The first kappa shape index (κ1) is 17.4. The van der Waals surface area contributed by atoms with Crippen molar-refractivity contribution in [1.29, 1.82) is 0 Å². The predicted molar refractivity (Wildman–Crippen MR) is 90.7 cm³/mol. The molecule has 2 unspecified atom stereocenters. The molecule has 1 saturated carbocycles. The fraction of sp³-hybridized carbons (Fsp3) is 0.824. The van der Waals surface area contributed by atoms with Crippen molar-refractivity contribution in [3.63, 3.8) is 0 Å². The van der Waals surface area contributed by atoms with E-state index in [0.717, 1.165) is 12.5 Å². The second kappa shape index (κ2) is 8.07. The van der Waals surface area contributed by atoms with E-state index >= 15 is 0 Å². The van der Waals surface area contributed by atoms with E-state index in [1.54, 1.807) is 0 Å². The van der Waals surface area contributed by atoms with Crippen LogP contribution in [0.15, 0.2) is 12.4 Å². The van der Waals surface area contributed by atoms with Gasteiger partial charge in [-0.05, 0) is 31.7 Å². The van der Waals surface area contributed by atoms with Crippen molar-refractivity contribution >= 4 is 5.69 Å². The van der Waals surface area contributed by atoms with Crippen molar-refractivity contribution in [2.45, 2.75) is 70.1 Å². The van der Waals surface area contributed by atoms with Crippen LogP contribution in [0.1, 0.15) is 51.4 Å². The molecule has 2 heterocycles. The van der Waals surface area contributed by atoms with Gasteiger partial charge in [-0.15, -0.1) is 0 Å². The summed E-state index contributed by atoms with van der Waals surface area (Å²) < 4.78 is 1.47. The molecule has 2 atom stereocenters. The van der Waals surface area contributed by atoms with Crippen molar-refractivity contribution < 1.29 is 10.0 Å². The van der Waals surface area contributed by atoms with Gasteiger partial charge in [-0.2, -0.15) is 5.10 Å². The number of hydrogen-bond acceptors (Lipinski definition) is 5. The van der Waals surface area contributed by atoms with Gasteiger partial charge in [0.25, 0.3) is 0 Å². The molecule has 1 aromatic rings. The molecule has 3 rings (SSSR count). The van der Waals surface area contributed by atoms with Crippen molar-refractivity contribution in [2.24, 2.45) is 5.92 Å². The highest BCUT2D eigenvalue weighted by Gasteiger charge is 2.29. The van der Waals surface area contributed by atoms with Gasteiger partial charge in [0.05, 0.1) is 17.6 Å². The molecular formula is C17H28N4O3. The van der Waals surface area contributed by atoms with Crippen molar-refractivity contribution in [3.8, 4) is 0 Å². The van der Waals surface area contributed by atoms with Crippen LogP contribution in [0.2, 0.25) is 0 Å². The summed E-state index contributed by atoms with van der Waals surface area (Å²) in [5.74, 6) is 0.857. The highest BCUT2D eigenvalue weighted by Crippen LogP contribution is 2.32. The maximum atomic E-state index is 10.7. The molecule has 1 N–H and O–H groups in total. The molecule has 0 radical (unpaired) electrons. The predicted octanol–water partition coefficient (Wildman–Crippen LogP) is 2.59. The monoisotopic (exact) mass is 336 g/mol. The first-order valence-electron chi connectivity index (χ1n) is 9.21. The third-order valence-corrected chi connectivity index (χ3v) is 5.50. The molecule has 0 amide bonds. The van der Waals surface area contributed by atoms with Gasteiger partial charge in [-0.25, -0.2) is 0 Å². The fourth-order valence-corrected chi connectivity index (χ4v) is 4.30. The number of nitro groups is 1. The third-order valence-electron chi connectivity index (χ3n) is 5.50. The number of aromatic nitrogens is 2. The standard InChI is InChI=1S/C17H28N4O3/c22-17(13-20-11-16(10-18-20)21(23)24)12-19-8-4-7-15(19)9-14-5-2-1-3-6-14/h10-11,14-15,17,22H,1-9,12-13H2. The Balaban J connectivity index is 1.48. The summed E-state index contributed by atoms with van der Waals surface area (Å²) in [6.07, 6.45) is 12.6. The summed E-state index contributed by atoms with van der Waals surface area (Å²) in [6.45, 7) is 1.99. The van der Waals surface area contributed by atoms with E-state index in [2.05, 4.69) is 10.00 Å². The van der Waals surface area contributed by atoms with E-state index in [-0.39, 0.29) is 5.69 Å². The minimum atomic E-state index is -0.545. The van der Waals surface area contributed by atoms with Crippen molar-refractivity contribution in [2.75, 3.05) is 13.1 Å². The van der Waals surface area contributed by atoms with Crippen LogP contribution in [-0.4, -0.2) is 49.9 Å². The van der Waals surface area contributed by atoms with E-state index in [0.29, 0.717) is 19.1 Å². The largest absolute Gasteiger partial charge is 0.390 e. The number of β-amino-alcohol motifs (C(OH)–C–C–N with tert-alkyl or cyclic N) is 1. The highest BCUT2D eigenvalue weighted by atomic mass is 16.6. The Morgan fingerprint density at radius 3 is 2.75 bits per heavy atom. The molecule has 134 valence electrons. The van der Waals surface area contributed by atoms with Crippen LogP contribution in [0.4, 0.5) is 5.69 Å². The van der Waals surface area contributed by atoms with Gasteiger partial charge < -0.3 is 5.11 Å². The zero-order valence-electron chi connectivity index (χ0n) is 14.2. The first-order valence-corrected chi connectivity index (χ1v) is 9.21. The van der Waals surface area contributed by atoms with E-state index in [1.807, 2.05) is 0 Å². The quantitative estimate of drug-likeness (QED) is 0.611. The SMILES string of the molecule is O=[N+]([O-])c1cnn(CC(O)CN2CCCC2CC2CCCCC2)c1. The Bertz CT molecular complexity index is 542. The van der Waals surface area contributed by atoms with Gasteiger partial charge in [-0.1, -0.05) is 32.1 Å². The van der Waals surface area contributed by atoms with Crippen LogP contribution in [-0.2, 0) is 6.54 Å². The lowest BCUT2D eigenvalue weighted by molar-refractivity contribution is -0.385. The van der Waals surface area contributed by atoms with Gasteiger partial charge in [0.15, 0.2) is 0 Å². The maximum Gasteiger partial charge on any atom is 0.306 e. The molecule has 1 aliphatic carbocycles. The second-order valence-electron chi connectivity index (χ2n) is 7.36. The Morgan fingerprint density at radius 1 is 1.25 bits per heavy atom. The molecule has 0 spiro atoms. The van der Waals surface area contributed by atoms with E-state index < -0.39 is 11.0 Å². The van der Waals surface area contributed by atoms with Crippen LogP contribution in [0.3, 0.4) is 0 Å². The first-order chi connectivity index (χ1) is 11.6. The Labute approximate surface area is 142 Å². The van der Waals surface area contributed by atoms with E-state index in [1.165, 1.54) is 68.4 Å². The third kappa shape index (κ3) is 4.54. The fourth-order valence-electron chi connectivity index (χ4n) is 4.30. The van der Waals surface area contributed by atoms with Gasteiger partial charge >= 0.3 is 5.69 Å². The van der Waals surface area contributed by atoms with Gasteiger partial charge in [-0.3, -0.25) is 19.7 Å². The maximum absolute atomic E-state index is 10.7. The zero-order valence-corrected chi connectivity index (χ0v) is 14.2. The average Bonchev–Trinajstić information content (AvgIpc) is 3.18. The van der Waals surface area contributed by atoms with Crippen LogP contribution >= 0.6 is 0 Å². The summed E-state index contributed by atoms with van der Waals surface area (Å²) in [6, 6.07) is 0.592. The van der Waals surface area contributed by atoms with Crippen LogP contribution < -0.4 is 0 Å². The Kier molecular flexibility index (Phi) is 5.84. The number of rotatable bonds is 7. The molecule has 1 aromatic heterocycles. The topological polar surface area (TPSA) is 84.4 Å². The summed E-state index contributed by atoms with van der Waals surface area (Å²) in [7, 11) is 0. The van der Waals surface area contributed by atoms with Crippen LogP contribution in [0, 0.1) is 16.0 Å². The minimum Gasteiger partial charge on any atom is -0.390 e. The molecule has 24 heavy (non-hydrogen) atoms. The van der Waals surface area contributed by atoms with E-state index in [9.17, 15) is 15.2 Å². The number of nitrogens with zero attached hydrogens (tertiary/aromatic N) is 4. The molecule has 0 bridgehead atoms. The smallest absolute Gasteiger partial charge is 0.306 e. The number of aliphatic hydroxyl groups is 1. The molecule has 0 aromatic carbocycles. The van der Waals surface area contributed by atoms with Gasteiger partial charge in [0.1, 0.15) is 12.4 Å². The lowest BCUT2D eigenvalue weighted by atomic mass is 9.84. The number of hydrogen-bond donors (Lipinski definition) is 1. The Morgan fingerprint density at radius 2 is 2.04 bits per heavy atom. The highest BCUT2D eigenvalue weighted by molar-refractivity contribution is 5.20. The molecule has 1 aliphatic heterocycles. The summed E-state index contributed by atoms with van der Waals surface area (Å²) >= 11 is 0. The second-order valence-corrected chi connectivity index (χ2v) is 7.36. The normalized spacial score (nSPS) is 24.3. The lowest BCUT2D eigenvalue weighted by Crippen LogP contribution is -2.39. The molecular weight excluding hydrogens is 308 g/mol.